The van der Waals surface area contributed by atoms with E-state index in [1.807, 2.05) is 19.1 Å². The summed E-state index contributed by atoms with van der Waals surface area (Å²) in [6, 6.07) is 0. The summed E-state index contributed by atoms with van der Waals surface area (Å²) in [5.41, 5.74) is 0. The Morgan fingerprint density at radius 3 is 2.55 bits per heavy atom. The number of allylic oxidation sites excluding steroid dienone is 3. The van der Waals surface area contributed by atoms with Crippen molar-refractivity contribution in [3.63, 3.8) is 0 Å². The van der Waals surface area contributed by atoms with E-state index in [0.29, 0.717) is 0 Å². The largest absolute Gasteiger partial charge is 0.532 e. The van der Waals surface area contributed by atoms with Gasteiger partial charge in [0, 0.05) is 21.7 Å². The number of ether oxygens (including phenoxy) is 1. The predicted molar refractivity (Wildman–Crippen MR) is 46.6 cm³/mol. The van der Waals surface area contributed by atoms with Crippen molar-refractivity contribution in [2.24, 2.45) is 0 Å². The van der Waals surface area contributed by atoms with Crippen LogP contribution in [-0.4, -0.2) is 6.61 Å². The Hall–Kier alpha value is 0.574. The van der Waals surface area contributed by atoms with E-state index in [4.69, 9.17) is 4.74 Å². The molecule has 0 unspecified atom stereocenters. The van der Waals surface area contributed by atoms with E-state index in [9.17, 15) is 0 Å². The molecular weight excluding hydrogens is 219 g/mol. The zero-order valence-corrected chi connectivity index (χ0v) is 9.49. The molecule has 0 N–H and O–H groups in total. The summed E-state index contributed by atoms with van der Waals surface area (Å²) >= 11 is 0. The number of hydrogen-bond acceptors (Lipinski definition) is 1. The summed E-state index contributed by atoms with van der Waals surface area (Å²) in [7, 11) is 0. The standard InChI is InChI=1S/C7H9O.2ClH.Ti/c1-2-8-7-5-3-4-6-7;;;/h3,5H,2,4H2,1H3;2*1H;/q-1;;;. The normalized spacial score (nSPS) is 11.9. The van der Waals surface area contributed by atoms with Gasteiger partial charge in [-0.25, -0.2) is 6.08 Å². The van der Waals surface area contributed by atoms with Crippen LogP contribution in [0.4, 0.5) is 0 Å². The van der Waals surface area contributed by atoms with E-state index in [0.717, 1.165) is 18.8 Å². The van der Waals surface area contributed by atoms with Crippen LogP contribution in [0.5, 0.6) is 0 Å². The van der Waals surface area contributed by atoms with Crippen molar-refractivity contribution in [2.45, 2.75) is 13.3 Å². The maximum atomic E-state index is 5.12. The summed E-state index contributed by atoms with van der Waals surface area (Å²) in [6.07, 6.45) is 7.93. The van der Waals surface area contributed by atoms with Crippen molar-refractivity contribution in [1.82, 2.24) is 0 Å². The Morgan fingerprint density at radius 2 is 2.18 bits per heavy atom. The molecule has 0 aromatic rings. The fourth-order valence-electron chi connectivity index (χ4n) is 0.639. The van der Waals surface area contributed by atoms with Crippen molar-refractivity contribution < 1.29 is 26.5 Å². The van der Waals surface area contributed by atoms with E-state index in [2.05, 4.69) is 6.08 Å². The van der Waals surface area contributed by atoms with E-state index in [1.165, 1.54) is 0 Å². The van der Waals surface area contributed by atoms with Gasteiger partial charge in [-0.2, -0.15) is 12.2 Å². The van der Waals surface area contributed by atoms with Crippen molar-refractivity contribution >= 4 is 24.8 Å². The Labute approximate surface area is 95.0 Å². The maximum Gasteiger partial charge on any atom is 0.0807 e. The summed E-state index contributed by atoms with van der Waals surface area (Å²) in [5.74, 6) is 0.896. The van der Waals surface area contributed by atoms with Gasteiger partial charge in [-0.3, -0.25) is 0 Å². The number of hydrogen-bond donors (Lipinski definition) is 0. The molecule has 0 saturated carbocycles. The molecule has 0 saturated heterocycles. The Bertz CT molecular complexity index is 134. The molecule has 0 fully saturated rings. The fourth-order valence-corrected chi connectivity index (χ4v) is 0.639. The number of rotatable bonds is 2. The molecule has 1 aliphatic rings. The van der Waals surface area contributed by atoms with Crippen molar-refractivity contribution in [2.75, 3.05) is 6.61 Å². The van der Waals surface area contributed by atoms with E-state index < -0.39 is 0 Å². The van der Waals surface area contributed by atoms with Crippen molar-refractivity contribution in [3.8, 4) is 0 Å². The monoisotopic (exact) mass is 229 g/mol. The third kappa shape index (κ3) is 6.95. The third-order valence-corrected chi connectivity index (χ3v) is 0.963. The van der Waals surface area contributed by atoms with Gasteiger partial charge in [-0.05, 0) is 6.92 Å². The zero-order valence-electron chi connectivity index (χ0n) is 6.29. The molecule has 11 heavy (non-hydrogen) atoms. The second-order valence-corrected chi connectivity index (χ2v) is 1.58. The average Bonchev–Trinajstić information content (AvgIpc) is 2.19. The molecule has 0 aromatic carbocycles. The van der Waals surface area contributed by atoms with Crippen LogP contribution in [-0.2, 0) is 26.5 Å². The van der Waals surface area contributed by atoms with Gasteiger partial charge >= 0.3 is 0 Å². The first kappa shape index (κ1) is 17.6. The molecule has 0 aromatic heterocycles. The molecule has 0 amide bonds. The predicted octanol–water partition coefficient (Wildman–Crippen LogP) is 2.51. The van der Waals surface area contributed by atoms with Crippen molar-refractivity contribution in [3.05, 3.63) is 24.0 Å². The molecule has 0 radical (unpaired) electrons. The van der Waals surface area contributed by atoms with Gasteiger partial charge in [0.1, 0.15) is 0 Å². The van der Waals surface area contributed by atoms with Crippen LogP contribution in [0.25, 0.3) is 0 Å². The summed E-state index contributed by atoms with van der Waals surface area (Å²) in [4.78, 5) is 0. The molecule has 1 rings (SSSR count). The van der Waals surface area contributed by atoms with Crippen LogP contribution < -0.4 is 0 Å². The SMILES string of the molecule is CCOC1=[C-]CC=C1.Cl.Cl.[Ti]. The second kappa shape index (κ2) is 10.6. The molecular formula is C7H11Cl2OTi-. The van der Waals surface area contributed by atoms with E-state index >= 15 is 0 Å². The Kier molecular flexibility index (Phi) is 16.9. The topological polar surface area (TPSA) is 9.23 Å². The van der Waals surface area contributed by atoms with Crippen LogP contribution in [0.3, 0.4) is 0 Å². The smallest absolute Gasteiger partial charge is 0.0807 e. The minimum Gasteiger partial charge on any atom is -0.532 e. The minimum atomic E-state index is 0. The van der Waals surface area contributed by atoms with Gasteiger partial charge in [-0.15, -0.1) is 31.2 Å². The third-order valence-electron chi connectivity index (χ3n) is 0.963. The molecule has 0 spiro atoms. The van der Waals surface area contributed by atoms with Gasteiger partial charge in [-0.1, -0.05) is 5.76 Å². The van der Waals surface area contributed by atoms with Gasteiger partial charge in [0.05, 0.1) is 6.61 Å². The first-order valence-electron chi connectivity index (χ1n) is 2.83. The van der Waals surface area contributed by atoms with Crippen LogP contribution >= 0.6 is 24.8 Å². The van der Waals surface area contributed by atoms with Crippen LogP contribution in [0.1, 0.15) is 13.3 Å². The number of halogens is 2. The summed E-state index contributed by atoms with van der Waals surface area (Å²) in [6.45, 7) is 2.72. The first-order valence-corrected chi connectivity index (χ1v) is 2.83. The van der Waals surface area contributed by atoms with Crippen LogP contribution in [0.15, 0.2) is 17.9 Å². The van der Waals surface area contributed by atoms with Crippen molar-refractivity contribution in [1.29, 1.82) is 0 Å². The first-order chi connectivity index (χ1) is 3.93. The Balaban J connectivity index is -0.000000213. The van der Waals surface area contributed by atoms with E-state index in [1.54, 1.807) is 0 Å². The van der Waals surface area contributed by atoms with Gasteiger partial charge in [0.25, 0.3) is 0 Å². The molecule has 0 bridgehead atoms. The minimum absolute atomic E-state index is 0. The van der Waals surface area contributed by atoms with Crippen LogP contribution in [0.2, 0.25) is 0 Å². The molecule has 0 atom stereocenters. The molecule has 0 aliphatic heterocycles. The van der Waals surface area contributed by atoms with Gasteiger partial charge < -0.3 is 4.74 Å². The molecule has 4 heteroatoms. The quantitative estimate of drug-likeness (QED) is 0.523. The fraction of sp³-hybridized carbons (Fsp3) is 0.429. The molecule has 1 nitrogen and oxygen atoms in total. The second-order valence-electron chi connectivity index (χ2n) is 1.58. The van der Waals surface area contributed by atoms with Crippen LogP contribution in [0, 0.1) is 6.08 Å². The summed E-state index contributed by atoms with van der Waals surface area (Å²) < 4.78 is 5.12. The summed E-state index contributed by atoms with van der Waals surface area (Å²) in [5, 5.41) is 0. The average molecular weight is 230 g/mol. The molecule has 64 valence electrons. The zero-order chi connectivity index (χ0) is 5.82. The van der Waals surface area contributed by atoms with Gasteiger partial charge in [0.2, 0.25) is 0 Å². The molecule has 0 heterocycles. The maximum absolute atomic E-state index is 5.12. The van der Waals surface area contributed by atoms with Gasteiger partial charge in [0.15, 0.2) is 0 Å². The van der Waals surface area contributed by atoms with E-state index in [-0.39, 0.29) is 46.5 Å². The Morgan fingerprint density at radius 1 is 1.55 bits per heavy atom. The molecule has 1 aliphatic carbocycles.